The highest BCUT2D eigenvalue weighted by Crippen LogP contribution is 2.37. The largest absolute Gasteiger partial charge is 0.379 e. The van der Waals surface area contributed by atoms with Crippen LogP contribution in [0, 0.1) is 11.3 Å². The SMILES string of the molecule is CN=C(NCC1(CN2CCOCC2)CCCCC1)N1CCC(C)C(n2ccnc2)C1.I. The Balaban J connectivity index is 0.00000272. The fraction of sp³-hybridized carbons (Fsp3) is 0.826. The number of aromatic nitrogens is 2. The molecule has 31 heavy (non-hydrogen) atoms. The summed E-state index contributed by atoms with van der Waals surface area (Å²) in [5, 5.41) is 3.81. The molecule has 3 aliphatic rings. The van der Waals surface area contributed by atoms with Gasteiger partial charge in [-0.1, -0.05) is 26.2 Å². The number of hydrogen-bond donors (Lipinski definition) is 1. The second kappa shape index (κ2) is 11.8. The van der Waals surface area contributed by atoms with Crippen molar-refractivity contribution in [3.05, 3.63) is 18.7 Å². The van der Waals surface area contributed by atoms with Crippen LogP contribution in [0.5, 0.6) is 0 Å². The summed E-state index contributed by atoms with van der Waals surface area (Å²) in [7, 11) is 1.93. The van der Waals surface area contributed by atoms with Gasteiger partial charge in [-0.15, -0.1) is 24.0 Å². The van der Waals surface area contributed by atoms with Crippen LogP contribution in [0.4, 0.5) is 0 Å². The molecule has 8 heteroatoms. The van der Waals surface area contributed by atoms with Gasteiger partial charge in [-0.2, -0.15) is 0 Å². The molecule has 1 aromatic heterocycles. The molecule has 0 spiro atoms. The summed E-state index contributed by atoms with van der Waals surface area (Å²) in [6.45, 7) is 10.6. The van der Waals surface area contributed by atoms with Crippen LogP contribution in [0.25, 0.3) is 0 Å². The third-order valence-electron chi connectivity index (χ3n) is 7.54. The molecule has 0 bridgehead atoms. The standard InChI is InChI=1S/C23H40N6O.HI/c1-20-6-10-28(16-21(20)29-11-9-25-19-29)22(24-2)26-17-23(7-4-3-5-8-23)18-27-12-14-30-15-13-27;/h9,11,19-21H,3-8,10,12-18H2,1-2H3,(H,24,26);1H. The van der Waals surface area contributed by atoms with Gasteiger partial charge in [-0.3, -0.25) is 9.89 Å². The molecule has 7 nitrogen and oxygen atoms in total. The Kier molecular flexibility index (Phi) is 9.46. The van der Waals surface area contributed by atoms with Crippen LogP contribution < -0.4 is 5.32 Å². The van der Waals surface area contributed by atoms with Gasteiger partial charge in [-0.05, 0) is 25.2 Å². The number of guanidine groups is 1. The van der Waals surface area contributed by atoms with Gasteiger partial charge < -0.3 is 19.5 Å². The first-order valence-corrected chi connectivity index (χ1v) is 11.9. The summed E-state index contributed by atoms with van der Waals surface area (Å²) in [5.74, 6) is 1.72. The van der Waals surface area contributed by atoms with E-state index in [0.717, 1.165) is 51.9 Å². The molecule has 3 heterocycles. The molecule has 1 N–H and O–H groups in total. The first kappa shape index (κ1) is 24.8. The summed E-state index contributed by atoms with van der Waals surface area (Å²) in [4.78, 5) is 14.0. The van der Waals surface area contributed by atoms with E-state index in [1.165, 1.54) is 45.1 Å². The summed E-state index contributed by atoms with van der Waals surface area (Å²) < 4.78 is 7.85. The highest BCUT2D eigenvalue weighted by molar-refractivity contribution is 14.0. The number of piperidine rings is 1. The maximum absolute atomic E-state index is 5.58. The summed E-state index contributed by atoms with van der Waals surface area (Å²) in [6.07, 6.45) is 13.9. The molecule has 3 fully saturated rings. The van der Waals surface area contributed by atoms with Gasteiger partial charge in [0, 0.05) is 64.1 Å². The molecule has 1 saturated carbocycles. The zero-order valence-electron chi connectivity index (χ0n) is 19.3. The van der Waals surface area contributed by atoms with Crippen LogP contribution in [-0.4, -0.2) is 84.8 Å². The number of hydrogen-bond acceptors (Lipinski definition) is 4. The van der Waals surface area contributed by atoms with Gasteiger partial charge in [0.1, 0.15) is 0 Å². The smallest absolute Gasteiger partial charge is 0.193 e. The molecular formula is C23H41IN6O. The molecule has 0 aromatic carbocycles. The molecule has 1 aliphatic carbocycles. The van der Waals surface area contributed by atoms with Crippen molar-refractivity contribution in [2.75, 3.05) is 59.5 Å². The van der Waals surface area contributed by atoms with Crippen molar-refractivity contribution in [3.63, 3.8) is 0 Å². The van der Waals surface area contributed by atoms with Crippen LogP contribution in [0.3, 0.4) is 0 Å². The third-order valence-corrected chi connectivity index (χ3v) is 7.54. The zero-order chi connectivity index (χ0) is 20.8. The van der Waals surface area contributed by atoms with Crippen molar-refractivity contribution in [1.29, 1.82) is 0 Å². The van der Waals surface area contributed by atoms with Crippen LogP contribution in [0.1, 0.15) is 51.5 Å². The lowest BCUT2D eigenvalue weighted by Gasteiger charge is -2.44. The van der Waals surface area contributed by atoms with E-state index >= 15 is 0 Å². The Morgan fingerprint density at radius 2 is 1.97 bits per heavy atom. The second-order valence-electron chi connectivity index (χ2n) is 9.64. The Hall–Kier alpha value is -0.870. The summed E-state index contributed by atoms with van der Waals surface area (Å²) >= 11 is 0. The Morgan fingerprint density at radius 3 is 2.65 bits per heavy atom. The average Bonchev–Trinajstić information content (AvgIpc) is 3.31. The number of imidazole rings is 1. The Bertz CT molecular complexity index is 670. The van der Waals surface area contributed by atoms with Crippen LogP contribution >= 0.6 is 24.0 Å². The van der Waals surface area contributed by atoms with Crippen LogP contribution in [0.2, 0.25) is 0 Å². The zero-order valence-corrected chi connectivity index (χ0v) is 21.7. The topological polar surface area (TPSA) is 57.9 Å². The lowest BCUT2D eigenvalue weighted by molar-refractivity contribution is 0.00801. The van der Waals surface area contributed by atoms with Crippen LogP contribution in [-0.2, 0) is 4.74 Å². The number of likely N-dealkylation sites (tertiary alicyclic amines) is 1. The summed E-state index contributed by atoms with van der Waals surface area (Å²) in [5.41, 5.74) is 0.359. The van der Waals surface area contributed by atoms with Gasteiger partial charge >= 0.3 is 0 Å². The quantitative estimate of drug-likeness (QED) is 0.351. The predicted molar refractivity (Wildman–Crippen MR) is 136 cm³/mol. The first-order chi connectivity index (χ1) is 14.7. The van der Waals surface area contributed by atoms with Crippen molar-refractivity contribution in [1.82, 2.24) is 24.7 Å². The first-order valence-electron chi connectivity index (χ1n) is 11.9. The lowest BCUT2D eigenvalue weighted by atomic mass is 9.73. The third kappa shape index (κ3) is 6.35. The van der Waals surface area contributed by atoms with Crippen molar-refractivity contribution in [3.8, 4) is 0 Å². The summed E-state index contributed by atoms with van der Waals surface area (Å²) in [6, 6.07) is 0.455. The minimum Gasteiger partial charge on any atom is -0.379 e. The maximum atomic E-state index is 5.58. The van der Waals surface area contributed by atoms with E-state index in [9.17, 15) is 0 Å². The molecule has 0 radical (unpaired) electrons. The van der Waals surface area contributed by atoms with Gasteiger partial charge in [0.05, 0.1) is 25.6 Å². The van der Waals surface area contributed by atoms with Crippen molar-refractivity contribution in [2.24, 2.45) is 16.3 Å². The highest BCUT2D eigenvalue weighted by Gasteiger charge is 2.35. The average molecular weight is 545 g/mol. The minimum atomic E-state index is 0. The molecule has 176 valence electrons. The molecule has 4 rings (SSSR count). The van der Waals surface area contributed by atoms with E-state index in [4.69, 9.17) is 4.74 Å². The van der Waals surface area contributed by atoms with E-state index in [0.29, 0.717) is 17.4 Å². The second-order valence-corrected chi connectivity index (χ2v) is 9.64. The maximum Gasteiger partial charge on any atom is 0.193 e. The molecule has 1 aromatic rings. The molecular weight excluding hydrogens is 503 g/mol. The van der Waals surface area contributed by atoms with Crippen molar-refractivity contribution >= 4 is 29.9 Å². The van der Waals surface area contributed by atoms with E-state index in [1.54, 1.807) is 0 Å². The van der Waals surface area contributed by atoms with E-state index in [2.05, 4.69) is 42.8 Å². The van der Waals surface area contributed by atoms with E-state index in [1.807, 2.05) is 19.6 Å². The molecule has 2 saturated heterocycles. The van der Waals surface area contributed by atoms with E-state index in [-0.39, 0.29) is 24.0 Å². The Morgan fingerprint density at radius 1 is 1.19 bits per heavy atom. The normalized spacial score (nSPS) is 27.5. The van der Waals surface area contributed by atoms with Gasteiger partial charge in [0.2, 0.25) is 0 Å². The number of halogens is 1. The van der Waals surface area contributed by atoms with Crippen LogP contribution in [0.15, 0.2) is 23.7 Å². The lowest BCUT2D eigenvalue weighted by Crippen LogP contribution is -2.53. The number of nitrogens with zero attached hydrogens (tertiary/aromatic N) is 5. The number of ether oxygens (including phenoxy) is 1. The molecule has 2 atom stereocenters. The number of rotatable bonds is 5. The fourth-order valence-corrected chi connectivity index (χ4v) is 5.62. The van der Waals surface area contributed by atoms with Gasteiger partial charge in [-0.25, -0.2) is 4.98 Å². The number of morpholine rings is 1. The van der Waals surface area contributed by atoms with Gasteiger partial charge in [0.15, 0.2) is 5.96 Å². The van der Waals surface area contributed by atoms with Gasteiger partial charge in [0.25, 0.3) is 0 Å². The molecule has 2 aliphatic heterocycles. The Labute approximate surface area is 205 Å². The number of aliphatic imine (C=N–C) groups is 1. The van der Waals surface area contributed by atoms with E-state index < -0.39 is 0 Å². The predicted octanol–water partition coefficient (Wildman–Crippen LogP) is 3.24. The van der Waals surface area contributed by atoms with Crippen molar-refractivity contribution < 1.29 is 4.74 Å². The molecule has 2 unspecified atom stereocenters. The number of nitrogens with one attached hydrogen (secondary N) is 1. The monoisotopic (exact) mass is 544 g/mol. The highest BCUT2D eigenvalue weighted by atomic mass is 127. The fourth-order valence-electron chi connectivity index (χ4n) is 5.62. The minimum absolute atomic E-state index is 0. The molecule has 0 amide bonds. The van der Waals surface area contributed by atoms with Crippen molar-refractivity contribution in [2.45, 2.75) is 51.5 Å².